The summed E-state index contributed by atoms with van der Waals surface area (Å²) in [6.07, 6.45) is 0.447. The van der Waals surface area contributed by atoms with Gasteiger partial charge < -0.3 is 15.1 Å². The Morgan fingerprint density at radius 3 is 2.52 bits per heavy atom. The van der Waals surface area contributed by atoms with Crippen molar-refractivity contribution in [2.75, 3.05) is 25.0 Å². The molecule has 0 atom stereocenters. The minimum absolute atomic E-state index is 0.0366. The average Bonchev–Trinajstić information content (AvgIpc) is 2.42. The third-order valence-electron chi connectivity index (χ3n) is 3.24. The Balaban J connectivity index is 2.81. The second-order valence-electron chi connectivity index (χ2n) is 4.92. The molecule has 0 saturated heterocycles. The van der Waals surface area contributed by atoms with Crippen LogP contribution >= 0.6 is 0 Å². The Labute approximate surface area is 124 Å². The summed E-state index contributed by atoms with van der Waals surface area (Å²) in [6, 6.07) is 4.68. The fourth-order valence-corrected chi connectivity index (χ4v) is 2.07. The highest BCUT2D eigenvalue weighted by Gasteiger charge is 2.20. The minimum Gasteiger partial charge on any atom is -0.508 e. The van der Waals surface area contributed by atoms with E-state index in [1.807, 2.05) is 13.8 Å². The van der Waals surface area contributed by atoms with Gasteiger partial charge >= 0.3 is 12.0 Å². The Bertz CT molecular complexity index is 516. The number of aromatic hydroxyl groups is 1. The van der Waals surface area contributed by atoms with Gasteiger partial charge in [-0.2, -0.15) is 0 Å². The van der Waals surface area contributed by atoms with Crippen LogP contribution in [0, 0.1) is 6.92 Å². The van der Waals surface area contributed by atoms with E-state index in [4.69, 9.17) is 5.11 Å². The highest BCUT2D eigenvalue weighted by Crippen LogP contribution is 2.25. The second kappa shape index (κ2) is 7.52. The number of hydrogen-bond acceptors (Lipinski definition) is 3. The van der Waals surface area contributed by atoms with Gasteiger partial charge in [-0.3, -0.25) is 9.69 Å². The van der Waals surface area contributed by atoms with Gasteiger partial charge in [0.05, 0.1) is 5.69 Å². The lowest BCUT2D eigenvalue weighted by Crippen LogP contribution is -2.42. The molecule has 0 aliphatic heterocycles. The zero-order valence-corrected chi connectivity index (χ0v) is 12.7. The zero-order valence-electron chi connectivity index (χ0n) is 12.7. The first-order chi connectivity index (χ1) is 9.86. The Kier molecular flexibility index (Phi) is 6.02. The van der Waals surface area contributed by atoms with Crippen LogP contribution in [0.5, 0.6) is 5.75 Å². The monoisotopic (exact) mass is 294 g/mol. The van der Waals surface area contributed by atoms with Crippen LogP contribution in [-0.4, -0.2) is 47.3 Å². The van der Waals surface area contributed by atoms with E-state index in [1.165, 1.54) is 4.90 Å². The van der Waals surface area contributed by atoms with E-state index >= 15 is 0 Å². The maximum Gasteiger partial charge on any atom is 0.324 e. The molecule has 1 aromatic carbocycles. The first-order valence-corrected chi connectivity index (χ1v) is 6.90. The van der Waals surface area contributed by atoms with E-state index in [0.717, 1.165) is 5.56 Å². The number of nitrogens with zero attached hydrogens (tertiary/aromatic N) is 2. The molecule has 0 saturated carbocycles. The lowest BCUT2D eigenvalue weighted by molar-refractivity contribution is -0.137. The normalized spacial score (nSPS) is 10.2. The van der Waals surface area contributed by atoms with Crippen LogP contribution < -0.4 is 4.90 Å². The van der Waals surface area contributed by atoms with Crippen molar-refractivity contribution in [2.45, 2.75) is 26.7 Å². The summed E-state index contributed by atoms with van der Waals surface area (Å²) in [5.41, 5.74) is 1.55. The average molecular weight is 294 g/mol. The number of carboxylic acid groups (broad SMARTS) is 1. The molecule has 0 heterocycles. The smallest absolute Gasteiger partial charge is 0.324 e. The predicted molar refractivity (Wildman–Crippen MR) is 80.8 cm³/mol. The van der Waals surface area contributed by atoms with Crippen LogP contribution in [0.2, 0.25) is 0 Å². The molecule has 6 nitrogen and oxygen atoms in total. The number of benzene rings is 1. The molecule has 0 aliphatic rings. The minimum atomic E-state index is -0.868. The Morgan fingerprint density at radius 1 is 1.29 bits per heavy atom. The molecule has 21 heavy (non-hydrogen) atoms. The number of rotatable bonds is 6. The van der Waals surface area contributed by atoms with Crippen LogP contribution in [0.25, 0.3) is 0 Å². The first kappa shape index (κ1) is 16.8. The molecule has 0 unspecified atom stereocenters. The van der Waals surface area contributed by atoms with Crippen molar-refractivity contribution in [3.05, 3.63) is 23.8 Å². The fourth-order valence-electron chi connectivity index (χ4n) is 2.07. The van der Waals surface area contributed by atoms with Crippen LogP contribution in [-0.2, 0) is 4.79 Å². The maximum atomic E-state index is 12.4. The largest absolute Gasteiger partial charge is 0.508 e. The number of aliphatic carboxylic acids is 1. The number of carbonyl (C=O) groups is 2. The van der Waals surface area contributed by atoms with E-state index in [0.29, 0.717) is 25.2 Å². The van der Waals surface area contributed by atoms with Gasteiger partial charge in [-0.1, -0.05) is 6.07 Å². The van der Waals surface area contributed by atoms with Gasteiger partial charge in [-0.25, -0.2) is 4.79 Å². The van der Waals surface area contributed by atoms with Crippen molar-refractivity contribution < 1.29 is 19.8 Å². The van der Waals surface area contributed by atoms with E-state index in [2.05, 4.69) is 0 Å². The number of urea groups is 1. The summed E-state index contributed by atoms with van der Waals surface area (Å²) in [4.78, 5) is 26.0. The van der Waals surface area contributed by atoms with Crippen LogP contribution in [0.3, 0.4) is 0 Å². The number of phenolic OH excluding ortho intramolecular Hbond substituents is 1. The molecule has 0 aliphatic carbocycles. The number of hydrogen-bond donors (Lipinski definition) is 2. The molecule has 116 valence electrons. The fraction of sp³-hybridized carbons (Fsp3) is 0.467. The Hall–Kier alpha value is -2.24. The molecule has 0 fully saturated rings. The van der Waals surface area contributed by atoms with Gasteiger partial charge in [-0.15, -0.1) is 0 Å². The van der Waals surface area contributed by atoms with Crippen molar-refractivity contribution in [3.63, 3.8) is 0 Å². The van der Waals surface area contributed by atoms with Crippen molar-refractivity contribution in [1.82, 2.24) is 4.90 Å². The summed E-state index contributed by atoms with van der Waals surface area (Å²) in [7, 11) is 1.64. The van der Waals surface area contributed by atoms with Crippen molar-refractivity contribution >= 4 is 17.7 Å². The summed E-state index contributed by atoms with van der Waals surface area (Å²) < 4.78 is 0. The van der Waals surface area contributed by atoms with Crippen LogP contribution in [0.4, 0.5) is 10.5 Å². The SMILES string of the molecule is CCN(C(=O)N(C)CCCC(=O)O)c1cc(O)ccc1C. The number of aryl methyl sites for hydroxylation is 1. The maximum absolute atomic E-state index is 12.4. The van der Waals surface area contributed by atoms with E-state index in [1.54, 1.807) is 30.1 Å². The summed E-state index contributed by atoms with van der Waals surface area (Å²) in [5.74, 6) is -0.762. The molecule has 2 amide bonds. The van der Waals surface area contributed by atoms with Gasteiger partial charge in [0.15, 0.2) is 0 Å². The molecule has 2 N–H and O–H groups in total. The number of phenols is 1. The molecule has 0 bridgehead atoms. The molecular formula is C15H22N2O4. The molecule has 6 heteroatoms. The standard InChI is InChI=1S/C15H22N2O4/c1-4-17(13-10-12(18)8-7-11(13)2)15(21)16(3)9-5-6-14(19)20/h7-8,10,18H,4-6,9H2,1-3H3,(H,19,20). The number of anilines is 1. The zero-order chi connectivity index (χ0) is 16.0. The lowest BCUT2D eigenvalue weighted by atomic mass is 10.1. The van der Waals surface area contributed by atoms with Gasteiger partial charge in [0.1, 0.15) is 5.75 Å². The number of amides is 2. The Morgan fingerprint density at radius 2 is 1.95 bits per heavy atom. The van der Waals surface area contributed by atoms with E-state index in [9.17, 15) is 14.7 Å². The summed E-state index contributed by atoms with van der Waals surface area (Å²) in [5, 5.41) is 18.2. The highest BCUT2D eigenvalue weighted by atomic mass is 16.4. The van der Waals surface area contributed by atoms with Gasteiger partial charge in [0.2, 0.25) is 0 Å². The lowest BCUT2D eigenvalue weighted by Gasteiger charge is -2.28. The second-order valence-corrected chi connectivity index (χ2v) is 4.92. The van der Waals surface area contributed by atoms with Crippen molar-refractivity contribution in [1.29, 1.82) is 0 Å². The number of carboxylic acids is 1. The predicted octanol–water partition coefficient (Wildman–Crippen LogP) is 2.44. The molecule has 0 spiro atoms. The molecule has 1 aromatic rings. The topological polar surface area (TPSA) is 81.1 Å². The number of carbonyl (C=O) groups excluding carboxylic acids is 1. The van der Waals surface area contributed by atoms with Crippen LogP contribution in [0.15, 0.2) is 18.2 Å². The first-order valence-electron chi connectivity index (χ1n) is 6.90. The summed E-state index contributed by atoms with van der Waals surface area (Å²) in [6.45, 7) is 4.56. The van der Waals surface area contributed by atoms with E-state index < -0.39 is 5.97 Å². The quantitative estimate of drug-likeness (QED) is 0.844. The molecule has 0 aromatic heterocycles. The molecule has 0 radical (unpaired) electrons. The van der Waals surface area contributed by atoms with Gasteiger partial charge in [0.25, 0.3) is 0 Å². The van der Waals surface area contributed by atoms with Gasteiger partial charge in [-0.05, 0) is 31.9 Å². The van der Waals surface area contributed by atoms with E-state index in [-0.39, 0.29) is 18.2 Å². The van der Waals surface area contributed by atoms with Crippen LogP contribution in [0.1, 0.15) is 25.3 Å². The van der Waals surface area contributed by atoms with Crippen molar-refractivity contribution in [3.8, 4) is 5.75 Å². The molecule has 1 rings (SSSR count). The summed E-state index contributed by atoms with van der Waals surface area (Å²) >= 11 is 0. The molecular weight excluding hydrogens is 272 g/mol. The third-order valence-corrected chi connectivity index (χ3v) is 3.24. The highest BCUT2D eigenvalue weighted by molar-refractivity contribution is 5.92. The third kappa shape index (κ3) is 4.66. The van der Waals surface area contributed by atoms with Crippen molar-refractivity contribution in [2.24, 2.45) is 0 Å². The van der Waals surface area contributed by atoms with Gasteiger partial charge in [0, 0.05) is 32.6 Å².